The molecule has 1 saturated carbocycles. The number of esters is 1. The lowest BCUT2D eigenvalue weighted by molar-refractivity contribution is -0.137. The van der Waals surface area contributed by atoms with Crippen molar-refractivity contribution < 1.29 is 14.3 Å². The molecule has 1 fully saturated rings. The predicted octanol–water partition coefficient (Wildman–Crippen LogP) is 2.88. The van der Waals surface area contributed by atoms with Gasteiger partial charge in [-0.2, -0.15) is 0 Å². The van der Waals surface area contributed by atoms with Crippen LogP contribution >= 0.6 is 23.5 Å². The molecule has 0 heterocycles. The van der Waals surface area contributed by atoms with E-state index in [-0.39, 0.29) is 11.1 Å². The van der Waals surface area contributed by atoms with Gasteiger partial charge in [-0.25, -0.2) is 0 Å². The molecule has 0 bridgehead atoms. The lowest BCUT2D eigenvalue weighted by Crippen LogP contribution is -2.11. The van der Waals surface area contributed by atoms with Gasteiger partial charge in [0.25, 0.3) is 0 Å². The van der Waals surface area contributed by atoms with E-state index in [2.05, 4.69) is 4.74 Å². The normalized spacial score (nSPS) is 16.8. The first kappa shape index (κ1) is 14.9. The molecule has 0 aromatic heterocycles. The molecule has 1 aliphatic carbocycles. The number of hydrogen-bond acceptors (Lipinski definition) is 5. The highest BCUT2D eigenvalue weighted by Crippen LogP contribution is 2.29. The van der Waals surface area contributed by atoms with Crippen molar-refractivity contribution in [2.24, 2.45) is 0 Å². The van der Waals surface area contributed by atoms with Crippen LogP contribution < -0.4 is 0 Å². The summed E-state index contributed by atoms with van der Waals surface area (Å²) in [6.07, 6.45) is 6.78. The van der Waals surface area contributed by atoms with Gasteiger partial charge in [-0.05, 0) is 12.8 Å². The molecule has 3 nitrogen and oxygen atoms in total. The van der Waals surface area contributed by atoms with Gasteiger partial charge in [0.15, 0.2) is 5.12 Å². The highest BCUT2D eigenvalue weighted by Gasteiger charge is 2.17. The first-order chi connectivity index (χ1) is 8.22. The number of rotatable bonds is 6. The van der Waals surface area contributed by atoms with Gasteiger partial charge in [0.2, 0.25) is 0 Å². The Balaban J connectivity index is 2.02. The van der Waals surface area contributed by atoms with E-state index >= 15 is 0 Å². The van der Waals surface area contributed by atoms with Crippen molar-refractivity contribution in [3.63, 3.8) is 0 Å². The Morgan fingerprint density at radius 2 is 1.94 bits per heavy atom. The maximum atomic E-state index is 11.7. The Morgan fingerprint density at radius 1 is 1.24 bits per heavy atom. The smallest absolute Gasteiger partial charge is 0.315 e. The molecule has 98 valence electrons. The maximum Gasteiger partial charge on any atom is 0.315 e. The Kier molecular flexibility index (Phi) is 7.77. The van der Waals surface area contributed by atoms with E-state index < -0.39 is 0 Å². The average molecular weight is 276 g/mol. The third-order valence-corrected chi connectivity index (χ3v) is 4.95. The largest absolute Gasteiger partial charge is 0.468 e. The molecule has 0 aromatic carbocycles. The molecule has 17 heavy (non-hydrogen) atoms. The van der Waals surface area contributed by atoms with Crippen LogP contribution in [0.2, 0.25) is 0 Å². The van der Waals surface area contributed by atoms with Gasteiger partial charge in [-0.15, -0.1) is 11.8 Å². The Hall–Kier alpha value is -0.160. The molecule has 0 spiro atoms. The quantitative estimate of drug-likeness (QED) is 0.551. The van der Waals surface area contributed by atoms with E-state index in [0.717, 1.165) is 0 Å². The number of thioether (sulfide) groups is 2. The maximum absolute atomic E-state index is 11.7. The van der Waals surface area contributed by atoms with Crippen LogP contribution in [0.5, 0.6) is 0 Å². The van der Waals surface area contributed by atoms with E-state index in [1.54, 1.807) is 0 Å². The summed E-state index contributed by atoms with van der Waals surface area (Å²) in [5.41, 5.74) is 0. The molecule has 0 unspecified atom stereocenters. The molecule has 1 aliphatic rings. The van der Waals surface area contributed by atoms with Gasteiger partial charge in [-0.1, -0.05) is 31.0 Å². The van der Waals surface area contributed by atoms with Gasteiger partial charge in [0.05, 0.1) is 12.9 Å². The molecule has 0 aromatic rings. The third kappa shape index (κ3) is 6.99. The fourth-order valence-corrected chi connectivity index (χ4v) is 3.85. The predicted molar refractivity (Wildman–Crippen MR) is 73.4 cm³/mol. The molecule has 1 rings (SSSR count). The first-order valence-electron chi connectivity index (χ1n) is 6.06. The third-order valence-electron chi connectivity index (χ3n) is 2.75. The van der Waals surface area contributed by atoms with E-state index in [4.69, 9.17) is 0 Å². The molecule has 5 heteroatoms. The standard InChI is InChI=1S/C12H20O3S2/c1-15-11(13)9-16-8-7-12(14)17-10-5-3-2-4-6-10/h10H,2-9H2,1H3. The molecular weight excluding hydrogens is 256 g/mol. The van der Waals surface area contributed by atoms with E-state index in [0.29, 0.717) is 23.2 Å². The number of carbonyl (C=O) groups is 2. The average Bonchev–Trinajstić information content (AvgIpc) is 2.35. The van der Waals surface area contributed by atoms with Crippen molar-refractivity contribution in [1.82, 2.24) is 0 Å². The van der Waals surface area contributed by atoms with Crippen molar-refractivity contribution >= 4 is 34.6 Å². The number of methoxy groups -OCH3 is 1. The molecule has 0 radical (unpaired) electrons. The van der Waals surface area contributed by atoms with Crippen LogP contribution in [0, 0.1) is 0 Å². The van der Waals surface area contributed by atoms with Crippen LogP contribution in [0.4, 0.5) is 0 Å². The fraction of sp³-hybridized carbons (Fsp3) is 0.833. The highest BCUT2D eigenvalue weighted by molar-refractivity contribution is 8.14. The van der Waals surface area contributed by atoms with Crippen LogP contribution in [-0.2, 0) is 14.3 Å². The molecule has 0 N–H and O–H groups in total. The van der Waals surface area contributed by atoms with E-state index in [9.17, 15) is 9.59 Å². The van der Waals surface area contributed by atoms with E-state index in [1.165, 1.54) is 62.7 Å². The SMILES string of the molecule is COC(=O)CSCCC(=O)SC1CCCCC1. The minimum atomic E-state index is -0.220. The topological polar surface area (TPSA) is 43.4 Å². The fourth-order valence-electron chi connectivity index (χ4n) is 1.80. The van der Waals surface area contributed by atoms with E-state index in [1.807, 2.05) is 0 Å². The summed E-state index contributed by atoms with van der Waals surface area (Å²) in [7, 11) is 1.38. The molecule has 0 saturated heterocycles. The van der Waals surface area contributed by atoms with Crippen molar-refractivity contribution in [3.05, 3.63) is 0 Å². The van der Waals surface area contributed by atoms with Crippen molar-refractivity contribution in [1.29, 1.82) is 0 Å². The Morgan fingerprint density at radius 3 is 2.59 bits per heavy atom. The number of ether oxygens (including phenoxy) is 1. The lowest BCUT2D eigenvalue weighted by Gasteiger charge is -2.19. The summed E-state index contributed by atoms with van der Waals surface area (Å²) in [4.78, 5) is 22.5. The van der Waals surface area contributed by atoms with Crippen LogP contribution in [0.25, 0.3) is 0 Å². The van der Waals surface area contributed by atoms with Crippen molar-refractivity contribution in [2.75, 3.05) is 18.6 Å². The molecular formula is C12H20O3S2. The second kappa shape index (κ2) is 8.86. The van der Waals surface area contributed by atoms with Crippen LogP contribution in [0.3, 0.4) is 0 Å². The summed E-state index contributed by atoms with van der Waals surface area (Å²) >= 11 is 2.98. The minimum Gasteiger partial charge on any atom is -0.468 e. The van der Waals surface area contributed by atoms with Crippen molar-refractivity contribution in [3.8, 4) is 0 Å². The second-order valence-corrected chi connectivity index (χ2v) is 6.59. The summed E-state index contributed by atoms with van der Waals surface area (Å²) < 4.78 is 4.53. The summed E-state index contributed by atoms with van der Waals surface area (Å²) in [6.45, 7) is 0. The molecule has 0 atom stereocenters. The van der Waals surface area contributed by atoms with Gasteiger partial charge in [-0.3, -0.25) is 9.59 Å². The highest BCUT2D eigenvalue weighted by atomic mass is 32.2. The zero-order valence-electron chi connectivity index (χ0n) is 10.3. The summed E-state index contributed by atoms with van der Waals surface area (Å²) in [6, 6.07) is 0. The van der Waals surface area contributed by atoms with Gasteiger partial charge >= 0.3 is 5.97 Å². The second-order valence-electron chi connectivity index (χ2n) is 4.13. The summed E-state index contributed by atoms with van der Waals surface area (Å²) in [5, 5.41) is 0.816. The Bertz CT molecular complexity index is 250. The number of carbonyl (C=O) groups excluding carboxylic acids is 2. The first-order valence-corrected chi connectivity index (χ1v) is 8.10. The van der Waals surface area contributed by atoms with Crippen LogP contribution in [0.1, 0.15) is 38.5 Å². The van der Waals surface area contributed by atoms with Crippen LogP contribution in [-0.4, -0.2) is 35.0 Å². The lowest BCUT2D eigenvalue weighted by atomic mass is 10.0. The monoisotopic (exact) mass is 276 g/mol. The van der Waals surface area contributed by atoms with Crippen LogP contribution in [0.15, 0.2) is 0 Å². The van der Waals surface area contributed by atoms with Crippen molar-refractivity contribution in [2.45, 2.75) is 43.8 Å². The summed E-state index contributed by atoms with van der Waals surface area (Å²) in [5.74, 6) is 0.841. The Labute approximate surface area is 111 Å². The number of hydrogen-bond donors (Lipinski definition) is 0. The van der Waals surface area contributed by atoms with Gasteiger partial charge in [0, 0.05) is 17.4 Å². The molecule has 0 amide bonds. The molecule has 0 aliphatic heterocycles. The zero-order chi connectivity index (χ0) is 12.5. The minimum absolute atomic E-state index is 0.220. The van der Waals surface area contributed by atoms with Gasteiger partial charge < -0.3 is 4.74 Å². The van der Waals surface area contributed by atoms with Gasteiger partial charge in [0.1, 0.15) is 0 Å². The zero-order valence-corrected chi connectivity index (χ0v) is 11.9.